The Morgan fingerprint density at radius 2 is 1.46 bits per heavy atom. The van der Waals surface area contributed by atoms with E-state index in [4.69, 9.17) is 43.2 Å². The second kappa shape index (κ2) is 19.6. The number of carboxylic acid groups (broad SMARTS) is 2. The summed E-state index contributed by atoms with van der Waals surface area (Å²) >= 11 is 10.6. The number of hydrogen-bond acceptors (Lipinski definition) is 7. The topological polar surface area (TPSA) is 214 Å². The number of amides is 1. The maximum Gasteiger partial charge on any atom is 0.374 e. The number of aliphatic imine (C=N–C) groups is 1. The molecular weight excluding hydrogens is 794 g/mol. The number of nitrogens with one attached hydrogen (secondary N) is 1. The number of carbonyl (C=O) groups is 3. The summed E-state index contributed by atoms with van der Waals surface area (Å²) in [6, 6.07) is 29.4. The zero-order valence-electron chi connectivity index (χ0n) is 30.9. The van der Waals surface area contributed by atoms with Gasteiger partial charge < -0.3 is 35.5 Å². The molecule has 0 heterocycles. The second-order valence-electron chi connectivity index (χ2n) is 13.6. The van der Waals surface area contributed by atoms with E-state index in [2.05, 4.69) is 23.2 Å². The number of rotatable bonds is 9. The highest BCUT2D eigenvalue weighted by Crippen LogP contribution is 2.46. The van der Waals surface area contributed by atoms with Gasteiger partial charge in [-0.2, -0.15) is 0 Å². The highest BCUT2D eigenvalue weighted by Gasteiger charge is 2.27. The molecule has 0 fully saturated rings. The van der Waals surface area contributed by atoms with Crippen molar-refractivity contribution in [1.29, 1.82) is 0 Å². The minimum absolute atomic E-state index is 0.0961. The van der Waals surface area contributed by atoms with Gasteiger partial charge in [-0.25, -0.2) is 4.79 Å². The van der Waals surface area contributed by atoms with Crippen LogP contribution in [0.3, 0.4) is 0 Å². The molecule has 298 valence electrons. The molecule has 1 amide bonds. The molecule has 7 N–H and O–H groups in total. The van der Waals surface area contributed by atoms with Gasteiger partial charge in [-0.1, -0.05) is 104 Å². The van der Waals surface area contributed by atoms with Crippen LogP contribution in [0.4, 0.5) is 5.69 Å². The first-order valence-electron chi connectivity index (χ1n) is 17.5. The number of nitrogens with zero attached hydrogens (tertiary/aromatic N) is 1. The fourth-order valence-electron chi connectivity index (χ4n) is 5.97. The summed E-state index contributed by atoms with van der Waals surface area (Å²) < 4.78 is 10.3. The maximum atomic E-state index is 11.6. The molecule has 0 aromatic heterocycles. The number of halogens is 2. The van der Waals surface area contributed by atoms with Crippen LogP contribution in [0.15, 0.2) is 118 Å². The number of fused-ring (bicyclic) bond motifs is 2. The van der Waals surface area contributed by atoms with Gasteiger partial charge in [-0.3, -0.25) is 19.1 Å². The van der Waals surface area contributed by atoms with Gasteiger partial charge in [0, 0.05) is 28.8 Å². The number of carboxylic acids is 2. The van der Waals surface area contributed by atoms with Gasteiger partial charge in [-0.05, 0) is 83.5 Å². The largest absolute Gasteiger partial charge is 0.507 e. The van der Waals surface area contributed by atoms with Crippen LogP contribution in [0.2, 0.25) is 0 Å². The average molecular weight is 836 g/mol. The van der Waals surface area contributed by atoms with Crippen LogP contribution in [-0.2, 0) is 27.6 Å². The molecule has 0 spiro atoms. The van der Waals surface area contributed by atoms with Crippen LogP contribution < -0.4 is 5.32 Å². The monoisotopic (exact) mass is 834 g/mol. The molecule has 0 unspecified atom stereocenters. The van der Waals surface area contributed by atoms with Gasteiger partial charge in [-0.15, -0.1) is 0 Å². The van der Waals surface area contributed by atoms with Crippen LogP contribution in [0.25, 0.3) is 10.8 Å². The molecule has 0 bridgehead atoms. The lowest BCUT2D eigenvalue weighted by atomic mass is 9.79. The Morgan fingerprint density at radius 1 is 0.807 bits per heavy atom. The van der Waals surface area contributed by atoms with Crippen molar-refractivity contribution in [1.82, 2.24) is 5.32 Å². The Kier molecular flexibility index (Phi) is 15.2. The number of aryl methyl sites for hydroxylation is 2. The highest BCUT2D eigenvalue weighted by molar-refractivity contribution is 7.56. The number of hydrogen-bond donors (Lipinski definition) is 7. The van der Waals surface area contributed by atoms with Crippen molar-refractivity contribution in [3.05, 3.63) is 146 Å². The maximum absolute atomic E-state index is 11.6. The zero-order chi connectivity index (χ0) is 41.9. The number of aromatic carboxylic acids is 1. The first-order chi connectivity index (χ1) is 26.9. The summed E-state index contributed by atoms with van der Waals surface area (Å²) in [5.74, 6) is -2.90. The van der Waals surface area contributed by atoms with Crippen LogP contribution >= 0.6 is 30.8 Å². The van der Waals surface area contributed by atoms with Gasteiger partial charge in [0.1, 0.15) is 21.6 Å². The molecule has 5 aromatic carbocycles. The molecule has 5 aromatic rings. The smallest absolute Gasteiger partial charge is 0.374 e. The zero-order valence-corrected chi connectivity index (χ0v) is 33.3. The van der Waals surface area contributed by atoms with Crippen molar-refractivity contribution in [2.24, 2.45) is 4.99 Å². The summed E-state index contributed by atoms with van der Waals surface area (Å²) in [5.41, 5.74) is 3.93. The Hall–Kier alpha value is -5.49. The fourth-order valence-corrected chi connectivity index (χ4v) is 7.20. The first-order valence-corrected chi connectivity index (χ1v) is 19.9. The Labute approximate surface area is 338 Å². The Morgan fingerprint density at radius 3 is 2.07 bits per heavy atom. The van der Waals surface area contributed by atoms with E-state index in [1.807, 2.05) is 49.5 Å². The summed E-state index contributed by atoms with van der Waals surface area (Å²) in [6.07, 6.45) is 6.54. The van der Waals surface area contributed by atoms with Crippen molar-refractivity contribution in [2.45, 2.75) is 51.4 Å². The predicted octanol–water partition coefficient (Wildman–Crippen LogP) is 9.22. The quantitative estimate of drug-likeness (QED) is 0.0552. The van der Waals surface area contributed by atoms with Gasteiger partial charge in [0.25, 0.3) is 5.91 Å². The van der Waals surface area contributed by atoms with Gasteiger partial charge >= 0.3 is 19.5 Å². The molecule has 0 radical (unpaired) electrons. The molecule has 15 heteroatoms. The first kappa shape index (κ1) is 44.2. The number of benzene rings is 5. The third kappa shape index (κ3) is 12.5. The van der Waals surface area contributed by atoms with E-state index in [9.17, 15) is 29.2 Å². The molecule has 0 atom stereocenters. The summed E-state index contributed by atoms with van der Waals surface area (Å²) in [5, 5.41) is 41.4. The third-order valence-corrected chi connectivity index (χ3v) is 10.5. The fraction of sp³-hybridized carbons (Fsp3) is 0.190. The number of aromatic hydroxyl groups is 2. The van der Waals surface area contributed by atoms with Crippen LogP contribution in [0.1, 0.15) is 76.1 Å². The van der Waals surface area contributed by atoms with Crippen LogP contribution in [0, 0.1) is 0 Å². The number of phenolic OH excluding ortho intramolecular Hbond substituents is 1. The number of phenols is 2. The van der Waals surface area contributed by atoms with Gasteiger partial charge in [0.05, 0.1) is 12.1 Å². The molecule has 6 rings (SSSR count). The highest BCUT2D eigenvalue weighted by atomic mass is 35.5. The Balaban J connectivity index is 0.000000193. The molecule has 0 aliphatic heterocycles. The minimum Gasteiger partial charge on any atom is -0.507 e. The van der Waals surface area contributed by atoms with E-state index in [1.54, 1.807) is 24.3 Å². The van der Waals surface area contributed by atoms with Gasteiger partial charge in [0.2, 0.25) is 0 Å². The molecule has 12 nitrogen and oxygen atoms in total. The predicted molar refractivity (Wildman–Crippen MR) is 221 cm³/mol. The van der Waals surface area contributed by atoms with E-state index in [-0.39, 0.29) is 34.5 Å². The molecule has 0 saturated heterocycles. The SMILES string of the molecule is CC(C)(CC(=O)O)c1ccc2c(c1)CCCC2.O=C(NC(=C(Cl)Cl)P(=O)(O)O)c1ccccc1.O=C(O)c1ccc(N=Cc2c(O)ccc3ccccc23)cc1O. The van der Waals surface area contributed by atoms with Crippen LogP contribution in [0.5, 0.6) is 11.5 Å². The summed E-state index contributed by atoms with van der Waals surface area (Å²) in [7, 11) is -4.72. The Bertz CT molecular complexity index is 2370. The van der Waals surface area contributed by atoms with E-state index >= 15 is 0 Å². The lowest BCUT2D eigenvalue weighted by molar-refractivity contribution is -0.138. The lowest BCUT2D eigenvalue weighted by Crippen LogP contribution is -2.23. The van der Waals surface area contributed by atoms with E-state index < -0.39 is 35.4 Å². The van der Waals surface area contributed by atoms with Crippen molar-refractivity contribution < 1.29 is 49.2 Å². The van der Waals surface area contributed by atoms with Crippen molar-refractivity contribution >= 4 is 71.3 Å². The van der Waals surface area contributed by atoms with Crippen LogP contribution in [-0.4, -0.2) is 54.3 Å². The third-order valence-electron chi connectivity index (χ3n) is 8.96. The molecule has 0 saturated carbocycles. The lowest BCUT2D eigenvalue weighted by Gasteiger charge is -2.26. The van der Waals surface area contributed by atoms with Gasteiger partial charge in [0.15, 0.2) is 5.44 Å². The normalized spacial score (nSPS) is 12.3. The van der Waals surface area contributed by atoms with E-state index in [0.29, 0.717) is 11.3 Å². The molecule has 1 aliphatic carbocycles. The van der Waals surface area contributed by atoms with Crippen molar-refractivity contribution in [3.63, 3.8) is 0 Å². The molecular formula is C42H41Cl2N2O10P. The van der Waals surface area contributed by atoms with Crippen molar-refractivity contribution in [3.8, 4) is 11.5 Å². The number of aliphatic carboxylic acids is 1. The van der Waals surface area contributed by atoms with E-state index in [1.165, 1.54) is 66.9 Å². The second-order valence-corrected chi connectivity index (χ2v) is 16.1. The summed E-state index contributed by atoms with van der Waals surface area (Å²) in [4.78, 5) is 55.4. The number of carbonyl (C=O) groups excluding carboxylic acids is 1. The molecule has 1 aliphatic rings. The molecule has 57 heavy (non-hydrogen) atoms. The summed E-state index contributed by atoms with van der Waals surface area (Å²) in [6.45, 7) is 4.01. The standard InChI is InChI=1S/C18H13NO4.C15H20O2.C9H8Cl2NO4P/c20-16-8-5-11-3-1-2-4-13(11)15(16)10-19-12-6-7-14(18(22)23)17(21)9-12;1-15(2,10-14(16)17)13-8-7-11-5-3-4-6-12(11)9-13;10-7(11)9(17(14,15)16)12-8(13)6-4-2-1-3-5-6/h1-10,20-21H,(H,22,23);7-9H,3-6,10H2,1-2H3,(H,16,17);1-5H,(H,12,13)(H2,14,15,16). The minimum atomic E-state index is -4.72. The van der Waals surface area contributed by atoms with Crippen molar-refractivity contribution in [2.75, 3.05) is 0 Å². The van der Waals surface area contributed by atoms with E-state index in [0.717, 1.165) is 22.8 Å². The average Bonchev–Trinajstić information content (AvgIpc) is 3.16.